The van der Waals surface area contributed by atoms with Gasteiger partial charge in [-0.3, -0.25) is 4.79 Å². The summed E-state index contributed by atoms with van der Waals surface area (Å²) in [5.74, 6) is 0.923. The third-order valence-corrected chi connectivity index (χ3v) is 4.28. The second kappa shape index (κ2) is 8.93. The normalized spacial score (nSPS) is 15.9. The third-order valence-electron chi connectivity index (χ3n) is 3.79. The van der Waals surface area contributed by atoms with E-state index in [0.717, 1.165) is 47.9 Å². The van der Waals surface area contributed by atoms with Crippen LogP contribution in [-0.4, -0.2) is 18.7 Å². The SMILES string of the molecule is CCCOc1ccc(Br)cc1/C=N\NC(=O)C1CCCCC1. The molecule has 0 aromatic heterocycles. The number of hydrogen-bond donors (Lipinski definition) is 1. The number of hydrogen-bond acceptors (Lipinski definition) is 3. The number of ether oxygens (including phenoxy) is 1. The summed E-state index contributed by atoms with van der Waals surface area (Å²) in [7, 11) is 0. The molecule has 1 amide bonds. The van der Waals surface area contributed by atoms with Crippen molar-refractivity contribution in [3.8, 4) is 5.75 Å². The number of halogens is 1. The fourth-order valence-electron chi connectivity index (χ4n) is 2.59. The van der Waals surface area contributed by atoms with Crippen molar-refractivity contribution < 1.29 is 9.53 Å². The fraction of sp³-hybridized carbons (Fsp3) is 0.529. The van der Waals surface area contributed by atoms with Crippen molar-refractivity contribution in [1.29, 1.82) is 0 Å². The van der Waals surface area contributed by atoms with Crippen LogP contribution in [-0.2, 0) is 4.79 Å². The lowest BCUT2D eigenvalue weighted by Gasteiger charge is -2.19. The van der Waals surface area contributed by atoms with Gasteiger partial charge in [-0.05, 0) is 37.5 Å². The van der Waals surface area contributed by atoms with Gasteiger partial charge in [0, 0.05) is 16.0 Å². The van der Waals surface area contributed by atoms with E-state index in [1.807, 2.05) is 18.2 Å². The molecule has 0 radical (unpaired) electrons. The molecule has 4 nitrogen and oxygen atoms in total. The summed E-state index contributed by atoms with van der Waals surface area (Å²) in [5.41, 5.74) is 3.52. The summed E-state index contributed by atoms with van der Waals surface area (Å²) in [5, 5.41) is 4.10. The van der Waals surface area contributed by atoms with Crippen LogP contribution in [0.5, 0.6) is 5.75 Å². The van der Waals surface area contributed by atoms with E-state index in [1.54, 1.807) is 6.21 Å². The van der Waals surface area contributed by atoms with Gasteiger partial charge in [0.1, 0.15) is 5.75 Å². The Hall–Kier alpha value is -1.36. The Morgan fingerprint density at radius 1 is 1.41 bits per heavy atom. The number of nitrogens with one attached hydrogen (secondary N) is 1. The summed E-state index contributed by atoms with van der Waals surface area (Å²) in [6.45, 7) is 2.73. The summed E-state index contributed by atoms with van der Waals surface area (Å²) in [6, 6.07) is 5.77. The lowest BCUT2D eigenvalue weighted by atomic mass is 9.89. The van der Waals surface area contributed by atoms with Crippen LogP contribution in [0.3, 0.4) is 0 Å². The average Bonchev–Trinajstić information content (AvgIpc) is 2.55. The minimum Gasteiger partial charge on any atom is -0.493 e. The Kier molecular flexibility index (Phi) is 6.90. The van der Waals surface area contributed by atoms with Crippen molar-refractivity contribution in [3.05, 3.63) is 28.2 Å². The molecule has 120 valence electrons. The highest BCUT2D eigenvalue weighted by Gasteiger charge is 2.20. The van der Waals surface area contributed by atoms with E-state index in [9.17, 15) is 4.79 Å². The number of carbonyl (C=O) groups is 1. The number of benzene rings is 1. The van der Waals surface area contributed by atoms with Crippen LogP contribution >= 0.6 is 15.9 Å². The smallest absolute Gasteiger partial charge is 0.243 e. The zero-order valence-electron chi connectivity index (χ0n) is 13.0. The second-order valence-electron chi connectivity index (χ2n) is 5.60. The molecule has 1 aromatic rings. The van der Waals surface area contributed by atoms with E-state index < -0.39 is 0 Å². The van der Waals surface area contributed by atoms with E-state index in [2.05, 4.69) is 33.4 Å². The molecule has 2 rings (SSSR count). The van der Waals surface area contributed by atoms with Gasteiger partial charge in [-0.25, -0.2) is 5.43 Å². The van der Waals surface area contributed by atoms with Gasteiger partial charge in [0.05, 0.1) is 12.8 Å². The van der Waals surface area contributed by atoms with Crippen molar-refractivity contribution in [3.63, 3.8) is 0 Å². The highest BCUT2D eigenvalue weighted by molar-refractivity contribution is 9.10. The highest BCUT2D eigenvalue weighted by atomic mass is 79.9. The number of amides is 1. The molecule has 1 aliphatic rings. The minimum atomic E-state index is 0.0296. The molecular formula is C17H23BrN2O2. The van der Waals surface area contributed by atoms with Crippen molar-refractivity contribution in [1.82, 2.24) is 5.43 Å². The Balaban J connectivity index is 1.96. The van der Waals surface area contributed by atoms with E-state index in [4.69, 9.17) is 4.74 Å². The van der Waals surface area contributed by atoms with Gasteiger partial charge in [0.2, 0.25) is 5.91 Å². The van der Waals surface area contributed by atoms with Crippen molar-refractivity contribution in [2.24, 2.45) is 11.0 Å². The summed E-state index contributed by atoms with van der Waals surface area (Å²) in [4.78, 5) is 12.0. The number of hydrazone groups is 1. The average molecular weight is 367 g/mol. The first-order valence-electron chi connectivity index (χ1n) is 7.96. The quantitative estimate of drug-likeness (QED) is 0.603. The van der Waals surface area contributed by atoms with E-state index in [1.165, 1.54) is 6.42 Å². The van der Waals surface area contributed by atoms with Gasteiger partial charge < -0.3 is 4.74 Å². The van der Waals surface area contributed by atoms with E-state index in [0.29, 0.717) is 6.61 Å². The lowest BCUT2D eigenvalue weighted by molar-refractivity contribution is -0.125. The molecule has 0 bridgehead atoms. The molecule has 1 aliphatic carbocycles. The van der Waals surface area contributed by atoms with Crippen LogP contribution in [0, 0.1) is 5.92 Å². The predicted octanol–water partition coefficient (Wildman–Crippen LogP) is 4.27. The van der Waals surface area contributed by atoms with Gasteiger partial charge in [-0.15, -0.1) is 0 Å². The Bertz CT molecular complexity index is 525. The molecular weight excluding hydrogens is 344 g/mol. The maximum atomic E-state index is 12.0. The molecule has 1 aromatic carbocycles. The van der Waals surface area contributed by atoms with Crippen LogP contribution in [0.4, 0.5) is 0 Å². The first-order chi connectivity index (χ1) is 10.7. The Morgan fingerprint density at radius 3 is 2.91 bits per heavy atom. The monoisotopic (exact) mass is 366 g/mol. The highest BCUT2D eigenvalue weighted by Crippen LogP contribution is 2.24. The maximum absolute atomic E-state index is 12.0. The Labute approximate surface area is 140 Å². The Morgan fingerprint density at radius 2 is 2.18 bits per heavy atom. The predicted molar refractivity (Wildman–Crippen MR) is 92.2 cm³/mol. The van der Waals surface area contributed by atoms with Crippen molar-refractivity contribution in [2.45, 2.75) is 45.4 Å². The number of carbonyl (C=O) groups excluding carboxylic acids is 1. The molecule has 1 saturated carbocycles. The molecule has 22 heavy (non-hydrogen) atoms. The van der Waals surface area contributed by atoms with Gasteiger partial charge in [-0.2, -0.15) is 5.10 Å². The molecule has 1 fully saturated rings. The molecule has 0 heterocycles. The largest absolute Gasteiger partial charge is 0.493 e. The van der Waals surface area contributed by atoms with Crippen LogP contribution in [0.2, 0.25) is 0 Å². The van der Waals surface area contributed by atoms with Crippen molar-refractivity contribution >= 4 is 28.1 Å². The molecule has 1 N–H and O–H groups in total. The van der Waals surface area contributed by atoms with Gasteiger partial charge in [0.15, 0.2) is 0 Å². The van der Waals surface area contributed by atoms with Crippen LogP contribution in [0.15, 0.2) is 27.8 Å². The molecule has 0 spiro atoms. The summed E-state index contributed by atoms with van der Waals surface area (Å²) < 4.78 is 6.65. The summed E-state index contributed by atoms with van der Waals surface area (Å²) in [6.07, 6.45) is 8.07. The standard InChI is InChI=1S/C17H23BrN2O2/c1-2-10-22-16-9-8-15(18)11-14(16)12-19-20-17(21)13-6-4-3-5-7-13/h8-9,11-13H,2-7,10H2,1H3,(H,20,21)/b19-12-. The van der Waals surface area contributed by atoms with E-state index >= 15 is 0 Å². The fourth-order valence-corrected chi connectivity index (χ4v) is 2.96. The zero-order valence-corrected chi connectivity index (χ0v) is 14.6. The maximum Gasteiger partial charge on any atom is 0.243 e. The topological polar surface area (TPSA) is 50.7 Å². The second-order valence-corrected chi connectivity index (χ2v) is 6.52. The third kappa shape index (κ3) is 5.13. The summed E-state index contributed by atoms with van der Waals surface area (Å²) >= 11 is 3.44. The van der Waals surface area contributed by atoms with E-state index in [-0.39, 0.29) is 11.8 Å². The number of rotatable bonds is 6. The number of nitrogens with zero attached hydrogens (tertiary/aromatic N) is 1. The lowest BCUT2D eigenvalue weighted by Crippen LogP contribution is -2.28. The van der Waals surface area contributed by atoms with Gasteiger partial charge in [0.25, 0.3) is 0 Å². The zero-order chi connectivity index (χ0) is 15.8. The minimum absolute atomic E-state index is 0.0296. The van der Waals surface area contributed by atoms with Crippen LogP contribution in [0.25, 0.3) is 0 Å². The molecule has 0 atom stereocenters. The first kappa shape index (κ1) is 17.0. The van der Waals surface area contributed by atoms with Gasteiger partial charge in [-0.1, -0.05) is 42.1 Å². The molecule has 0 aliphatic heterocycles. The van der Waals surface area contributed by atoms with Crippen LogP contribution < -0.4 is 10.2 Å². The van der Waals surface area contributed by atoms with Gasteiger partial charge >= 0.3 is 0 Å². The molecule has 0 saturated heterocycles. The van der Waals surface area contributed by atoms with Crippen molar-refractivity contribution in [2.75, 3.05) is 6.61 Å². The van der Waals surface area contributed by atoms with Crippen LogP contribution in [0.1, 0.15) is 51.0 Å². The molecule has 5 heteroatoms. The first-order valence-corrected chi connectivity index (χ1v) is 8.75. The molecule has 0 unspecified atom stereocenters.